The maximum atomic E-state index is 9.43. The maximum Gasteiger partial charge on any atom is 0.494 e. The third-order valence-electron chi connectivity index (χ3n) is 10.1. The van der Waals surface area contributed by atoms with Gasteiger partial charge in [-0.3, -0.25) is 0 Å². The molecule has 0 spiro atoms. The van der Waals surface area contributed by atoms with Crippen LogP contribution < -0.4 is 16.4 Å². The lowest BCUT2D eigenvalue weighted by Gasteiger charge is -2.40. The molecule has 247 valence electrons. The summed E-state index contributed by atoms with van der Waals surface area (Å²) in [6.45, 7) is 0. The second-order valence-corrected chi connectivity index (χ2v) is 13.3. The summed E-state index contributed by atoms with van der Waals surface area (Å²) in [5.74, 6) is 0. The van der Waals surface area contributed by atoms with Crippen LogP contribution in [-0.4, -0.2) is 63.4 Å². The van der Waals surface area contributed by atoms with Gasteiger partial charge in [0.1, 0.15) is 24.4 Å². The van der Waals surface area contributed by atoms with Crippen molar-refractivity contribution < 1.29 is 28.4 Å². The molecule has 6 atom stereocenters. The summed E-state index contributed by atoms with van der Waals surface area (Å²) in [5, 5.41) is 9.43. The molecule has 0 aromatic heterocycles. The SMILES string of the molecule is [OH2+]C1C(O[B]c2ccc(-c3ccccc3)cc2)C2OB(c3ccc(-c4ccccc4)cc3)OC2C2OB(c3ccc(-c4ccccc4)cc3)OC12. The summed E-state index contributed by atoms with van der Waals surface area (Å²) in [5.41, 5.74) is 9.48. The van der Waals surface area contributed by atoms with Gasteiger partial charge in [-0.1, -0.05) is 169 Å². The van der Waals surface area contributed by atoms with Crippen LogP contribution in [0.5, 0.6) is 0 Å². The van der Waals surface area contributed by atoms with E-state index in [4.69, 9.17) is 23.3 Å². The highest BCUT2D eigenvalue weighted by molar-refractivity contribution is 6.62. The highest BCUT2D eigenvalue weighted by Crippen LogP contribution is 2.39. The summed E-state index contributed by atoms with van der Waals surface area (Å²) in [7, 11) is 0.443. The zero-order valence-electron chi connectivity index (χ0n) is 27.8. The molecule has 6 nitrogen and oxygen atoms in total. The van der Waals surface area contributed by atoms with Gasteiger partial charge in [0.15, 0.2) is 0 Å². The van der Waals surface area contributed by atoms with Gasteiger partial charge in [-0.05, 0) is 44.3 Å². The molecule has 2 aliphatic heterocycles. The molecule has 2 saturated heterocycles. The van der Waals surface area contributed by atoms with E-state index in [-0.39, 0.29) is 0 Å². The first kappa shape index (κ1) is 32.2. The van der Waals surface area contributed by atoms with Crippen LogP contribution in [-0.2, 0) is 23.3 Å². The fourth-order valence-electron chi connectivity index (χ4n) is 7.36. The standard InChI is InChI=1S/C42H34B3O6/c46-37-38(47-43-34-22-16-31(17-23-34)28-10-4-1-5-11-28)40-42(51-45(49-40)36-26-20-33(21-27-36)30-14-8-3-9-15-30)41-39(37)48-44(50-41)35-24-18-32(19-25-35)29-12-6-2-7-13-29/h1-27,37-42,46H/p+1. The van der Waals surface area contributed by atoms with Crippen LogP contribution in [0.15, 0.2) is 164 Å². The highest BCUT2D eigenvalue weighted by Gasteiger charge is 2.64. The molecule has 0 bridgehead atoms. The molecule has 1 radical (unpaired) electrons. The molecule has 2 N–H and O–H groups in total. The first-order chi connectivity index (χ1) is 25.2. The minimum absolute atomic E-state index is 0.497. The number of fused-ring (bicyclic) bond motifs is 3. The van der Waals surface area contributed by atoms with Crippen LogP contribution in [0.2, 0.25) is 0 Å². The molecular weight excluding hydrogens is 633 g/mol. The molecule has 3 aliphatic rings. The average molecular weight is 668 g/mol. The average Bonchev–Trinajstić information content (AvgIpc) is 3.86. The quantitative estimate of drug-likeness (QED) is 0.173. The van der Waals surface area contributed by atoms with Crippen LogP contribution >= 0.6 is 0 Å². The van der Waals surface area contributed by atoms with Crippen molar-refractivity contribution in [2.24, 2.45) is 0 Å². The van der Waals surface area contributed by atoms with E-state index < -0.39 is 50.9 Å². The first-order valence-corrected chi connectivity index (χ1v) is 17.5. The van der Waals surface area contributed by atoms with Gasteiger partial charge >= 0.3 is 21.7 Å². The fourth-order valence-corrected chi connectivity index (χ4v) is 7.36. The molecule has 1 aliphatic carbocycles. The van der Waals surface area contributed by atoms with Gasteiger partial charge < -0.3 is 28.4 Å². The van der Waals surface area contributed by atoms with Gasteiger partial charge in [0.05, 0.1) is 6.10 Å². The molecule has 6 unspecified atom stereocenters. The van der Waals surface area contributed by atoms with Crippen molar-refractivity contribution in [2.45, 2.75) is 36.6 Å². The third kappa shape index (κ3) is 6.49. The van der Waals surface area contributed by atoms with Gasteiger partial charge in [0.25, 0.3) is 0 Å². The van der Waals surface area contributed by atoms with Crippen LogP contribution in [0.3, 0.4) is 0 Å². The van der Waals surface area contributed by atoms with Gasteiger partial charge in [-0.2, -0.15) is 0 Å². The molecule has 9 rings (SSSR count). The largest absolute Gasteiger partial charge is 0.494 e. The Kier molecular flexibility index (Phi) is 8.92. The molecule has 51 heavy (non-hydrogen) atoms. The minimum atomic E-state index is -0.785. The summed E-state index contributed by atoms with van der Waals surface area (Å²) in [6.07, 6.45) is -3.56. The zero-order chi connectivity index (χ0) is 34.1. The summed E-state index contributed by atoms with van der Waals surface area (Å²) < 4.78 is 32.9. The van der Waals surface area contributed by atoms with Gasteiger partial charge in [-0.15, -0.1) is 0 Å². The Morgan fingerprint density at radius 3 is 1.22 bits per heavy atom. The van der Waals surface area contributed by atoms with Crippen LogP contribution in [0.1, 0.15) is 0 Å². The Hall–Kier alpha value is -4.73. The Morgan fingerprint density at radius 2 is 0.765 bits per heavy atom. The Bertz CT molecular complexity index is 2040. The van der Waals surface area contributed by atoms with Crippen molar-refractivity contribution in [3.8, 4) is 33.4 Å². The number of hydrogen-bond donors (Lipinski definition) is 0. The molecule has 9 heteroatoms. The summed E-state index contributed by atoms with van der Waals surface area (Å²) in [4.78, 5) is 0. The molecule has 6 aromatic rings. The van der Waals surface area contributed by atoms with Crippen molar-refractivity contribution in [3.63, 3.8) is 0 Å². The molecule has 6 aromatic carbocycles. The Morgan fingerprint density at radius 1 is 0.412 bits per heavy atom. The van der Waals surface area contributed by atoms with Crippen molar-refractivity contribution in [2.75, 3.05) is 0 Å². The minimum Gasteiger partial charge on any atom is -0.439 e. The monoisotopic (exact) mass is 668 g/mol. The first-order valence-electron chi connectivity index (χ1n) is 17.5. The molecule has 1 saturated carbocycles. The third-order valence-corrected chi connectivity index (χ3v) is 10.1. The van der Waals surface area contributed by atoms with Gasteiger partial charge in [-0.25, -0.2) is 0 Å². The van der Waals surface area contributed by atoms with E-state index in [0.717, 1.165) is 49.8 Å². The van der Waals surface area contributed by atoms with Crippen molar-refractivity contribution >= 4 is 38.1 Å². The van der Waals surface area contributed by atoms with E-state index in [1.54, 1.807) is 7.48 Å². The predicted molar refractivity (Wildman–Crippen MR) is 204 cm³/mol. The lowest BCUT2D eigenvalue weighted by atomic mass is 9.78. The lowest BCUT2D eigenvalue weighted by molar-refractivity contribution is -0.146. The van der Waals surface area contributed by atoms with E-state index >= 15 is 0 Å². The van der Waals surface area contributed by atoms with Crippen molar-refractivity contribution in [3.05, 3.63) is 164 Å². The molecule has 0 amide bonds. The predicted octanol–water partition coefficient (Wildman–Crippen LogP) is 4.78. The van der Waals surface area contributed by atoms with E-state index in [9.17, 15) is 5.11 Å². The Balaban J connectivity index is 0.963. The van der Waals surface area contributed by atoms with Crippen molar-refractivity contribution in [1.29, 1.82) is 0 Å². The van der Waals surface area contributed by atoms with E-state index in [0.29, 0.717) is 0 Å². The smallest absolute Gasteiger partial charge is 0.439 e. The van der Waals surface area contributed by atoms with Crippen LogP contribution in [0.4, 0.5) is 0 Å². The summed E-state index contributed by atoms with van der Waals surface area (Å²) in [6, 6.07) is 55.5. The fraction of sp³-hybridized carbons (Fsp3) is 0.143. The zero-order valence-corrected chi connectivity index (χ0v) is 27.8. The normalized spacial score (nSPS) is 23.9. The van der Waals surface area contributed by atoms with Gasteiger partial charge in [0.2, 0.25) is 6.10 Å². The van der Waals surface area contributed by atoms with Crippen LogP contribution in [0.25, 0.3) is 33.4 Å². The number of benzene rings is 6. The second-order valence-electron chi connectivity index (χ2n) is 13.3. The number of hydrogen-bond acceptors (Lipinski definition) is 5. The topological polar surface area (TPSA) is 69.1 Å². The second kappa shape index (κ2) is 14.1. The van der Waals surface area contributed by atoms with Crippen molar-refractivity contribution in [1.82, 2.24) is 0 Å². The van der Waals surface area contributed by atoms with Gasteiger partial charge in [0, 0.05) is 0 Å². The maximum absolute atomic E-state index is 9.43. The van der Waals surface area contributed by atoms with E-state index in [2.05, 4.69) is 72.8 Å². The van der Waals surface area contributed by atoms with Crippen LogP contribution in [0, 0.1) is 0 Å². The summed E-state index contributed by atoms with van der Waals surface area (Å²) >= 11 is 0. The number of rotatable bonds is 8. The highest BCUT2D eigenvalue weighted by atomic mass is 16.7. The van der Waals surface area contributed by atoms with E-state index in [1.807, 2.05) is 91.0 Å². The lowest BCUT2D eigenvalue weighted by Crippen LogP contribution is -2.62. The molecule has 3 fully saturated rings. The van der Waals surface area contributed by atoms with E-state index in [1.165, 1.54) is 0 Å². The molecular formula is C42H35B3O6+. The Labute approximate surface area is 299 Å². The molecule has 2 heterocycles.